The Morgan fingerprint density at radius 3 is 2.80 bits per heavy atom. The van der Waals surface area contributed by atoms with E-state index in [0.29, 0.717) is 24.1 Å². The van der Waals surface area contributed by atoms with E-state index in [1.165, 1.54) is 6.92 Å². The number of carbonyl (C=O) groups excluding carboxylic acids is 2. The summed E-state index contributed by atoms with van der Waals surface area (Å²) in [6, 6.07) is -0.299. The number of ether oxygens (including phenoxy) is 2. The predicted octanol–water partition coefficient (Wildman–Crippen LogP) is 0.511. The highest BCUT2D eigenvalue weighted by molar-refractivity contribution is 5.89. The molecule has 5 atom stereocenters. The Kier molecular flexibility index (Phi) is 4.74. The van der Waals surface area contributed by atoms with Crippen LogP contribution in [-0.4, -0.2) is 64.2 Å². The van der Waals surface area contributed by atoms with Crippen molar-refractivity contribution in [1.82, 2.24) is 4.90 Å². The molecule has 7 nitrogen and oxygen atoms in total. The minimum Gasteiger partial charge on any atom is -0.459 e. The molecule has 2 fully saturated rings. The van der Waals surface area contributed by atoms with Gasteiger partial charge in [-0.1, -0.05) is 13.0 Å². The molecular formula is C18H25NO6. The van der Waals surface area contributed by atoms with E-state index < -0.39 is 29.7 Å². The van der Waals surface area contributed by atoms with E-state index in [-0.39, 0.29) is 25.2 Å². The first-order valence-corrected chi connectivity index (χ1v) is 8.65. The smallest absolute Gasteiger partial charge is 0.338 e. The second-order valence-corrected chi connectivity index (χ2v) is 7.21. The van der Waals surface area contributed by atoms with Crippen molar-refractivity contribution in [3.63, 3.8) is 0 Å². The SMILES string of the molecule is C/C=C1\CC(C)C(C)(O)C(=O)OCC2=CC(O)N3CCC(OC1=O)C23. The normalized spacial score (nSPS) is 41.5. The number of esters is 2. The van der Waals surface area contributed by atoms with E-state index in [2.05, 4.69) is 0 Å². The van der Waals surface area contributed by atoms with Gasteiger partial charge < -0.3 is 19.7 Å². The molecule has 0 amide bonds. The number of nitrogens with zero attached hydrogens (tertiary/aromatic N) is 1. The number of aliphatic hydroxyl groups is 2. The van der Waals surface area contributed by atoms with Crippen molar-refractivity contribution in [1.29, 1.82) is 0 Å². The van der Waals surface area contributed by atoms with Gasteiger partial charge in [0.05, 0.1) is 6.04 Å². The van der Waals surface area contributed by atoms with Gasteiger partial charge in [0, 0.05) is 12.1 Å². The zero-order valence-corrected chi connectivity index (χ0v) is 14.8. The van der Waals surface area contributed by atoms with Crippen LogP contribution in [0, 0.1) is 5.92 Å². The third-order valence-electron chi connectivity index (χ3n) is 5.60. The van der Waals surface area contributed by atoms with E-state index in [1.54, 1.807) is 26.0 Å². The van der Waals surface area contributed by atoms with Gasteiger partial charge in [-0.05, 0) is 44.3 Å². The molecule has 0 aromatic heterocycles. The molecule has 0 saturated carbocycles. The first-order chi connectivity index (χ1) is 11.8. The van der Waals surface area contributed by atoms with Crippen LogP contribution < -0.4 is 0 Å². The molecule has 0 aromatic rings. The standard InChI is InChI=1S/C18H25NO6/c1-4-11-7-10(2)18(3,23)17(22)24-9-12-8-14(20)19-6-5-13(15(12)19)25-16(11)21/h4,8,10,13-15,20,23H,5-7,9H2,1-3H3/b11-4+. The van der Waals surface area contributed by atoms with E-state index in [1.807, 2.05) is 4.90 Å². The number of rotatable bonds is 0. The molecule has 0 aromatic carbocycles. The maximum atomic E-state index is 12.6. The Morgan fingerprint density at radius 2 is 2.12 bits per heavy atom. The summed E-state index contributed by atoms with van der Waals surface area (Å²) in [7, 11) is 0. The number of carbonyl (C=O) groups is 2. The Hall–Kier alpha value is -1.70. The highest BCUT2D eigenvalue weighted by Crippen LogP contribution is 2.36. The summed E-state index contributed by atoms with van der Waals surface area (Å²) in [5.74, 6) is -1.68. The first kappa shape index (κ1) is 18.1. The van der Waals surface area contributed by atoms with Crippen LogP contribution in [0.2, 0.25) is 0 Å². The molecule has 138 valence electrons. The lowest BCUT2D eigenvalue weighted by Gasteiger charge is -2.31. The van der Waals surface area contributed by atoms with Crippen molar-refractivity contribution in [2.24, 2.45) is 5.92 Å². The second kappa shape index (κ2) is 6.55. The Balaban J connectivity index is 1.93. The molecule has 0 bridgehead atoms. The van der Waals surface area contributed by atoms with Crippen LogP contribution in [0.1, 0.15) is 33.6 Å². The van der Waals surface area contributed by atoms with Crippen molar-refractivity contribution in [2.75, 3.05) is 13.2 Å². The predicted molar refractivity (Wildman–Crippen MR) is 88.2 cm³/mol. The van der Waals surface area contributed by atoms with Gasteiger partial charge in [-0.25, -0.2) is 9.59 Å². The fourth-order valence-electron chi connectivity index (χ4n) is 3.74. The molecule has 0 radical (unpaired) electrons. The molecular weight excluding hydrogens is 326 g/mol. The van der Waals surface area contributed by atoms with Gasteiger partial charge in [0.15, 0.2) is 5.60 Å². The van der Waals surface area contributed by atoms with Crippen molar-refractivity contribution in [2.45, 2.75) is 57.6 Å². The van der Waals surface area contributed by atoms with E-state index in [9.17, 15) is 19.8 Å². The zero-order valence-electron chi connectivity index (χ0n) is 14.8. The molecule has 0 spiro atoms. The van der Waals surface area contributed by atoms with E-state index >= 15 is 0 Å². The number of aliphatic hydroxyl groups excluding tert-OH is 1. The fourth-order valence-corrected chi connectivity index (χ4v) is 3.74. The third kappa shape index (κ3) is 3.12. The third-order valence-corrected chi connectivity index (χ3v) is 5.60. The molecule has 25 heavy (non-hydrogen) atoms. The summed E-state index contributed by atoms with van der Waals surface area (Å²) in [5, 5.41) is 20.7. The summed E-state index contributed by atoms with van der Waals surface area (Å²) < 4.78 is 11.0. The van der Waals surface area contributed by atoms with Crippen molar-refractivity contribution in [3.05, 3.63) is 23.3 Å². The van der Waals surface area contributed by atoms with Crippen LogP contribution in [-0.2, 0) is 19.1 Å². The number of hydrogen-bond acceptors (Lipinski definition) is 7. The highest BCUT2D eigenvalue weighted by Gasteiger charge is 2.47. The van der Waals surface area contributed by atoms with Crippen molar-refractivity contribution in [3.8, 4) is 0 Å². The zero-order chi connectivity index (χ0) is 18.4. The van der Waals surface area contributed by atoms with Crippen molar-refractivity contribution < 1.29 is 29.3 Å². The van der Waals surface area contributed by atoms with Crippen LogP contribution in [0.15, 0.2) is 23.3 Å². The minimum atomic E-state index is -1.72. The summed E-state index contributed by atoms with van der Waals surface area (Å²) in [5.41, 5.74) is -0.605. The van der Waals surface area contributed by atoms with Gasteiger partial charge in [-0.2, -0.15) is 0 Å². The van der Waals surface area contributed by atoms with Gasteiger partial charge in [-0.3, -0.25) is 4.90 Å². The Labute approximate surface area is 146 Å². The van der Waals surface area contributed by atoms with Crippen LogP contribution in [0.4, 0.5) is 0 Å². The molecule has 0 aliphatic carbocycles. The maximum absolute atomic E-state index is 12.6. The number of hydrogen-bond donors (Lipinski definition) is 2. The topological polar surface area (TPSA) is 96.3 Å². The number of allylic oxidation sites excluding steroid dienone is 1. The summed E-state index contributed by atoms with van der Waals surface area (Å²) in [4.78, 5) is 26.8. The molecule has 3 rings (SSSR count). The molecule has 2 saturated heterocycles. The molecule has 3 aliphatic rings. The van der Waals surface area contributed by atoms with E-state index in [4.69, 9.17) is 9.47 Å². The van der Waals surface area contributed by atoms with Crippen molar-refractivity contribution >= 4 is 11.9 Å². The van der Waals surface area contributed by atoms with Gasteiger partial charge in [0.1, 0.15) is 18.9 Å². The molecule has 7 heteroatoms. The molecule has 3 aliphatic heterocycles. The average molecular weight is 351 g/mol. The van der Waals surface area contributed by atoms with Gasteiger partial charge >= 0.3 is 11.9 Å². The Morgan fingerprint density at radius 1 is 1.40 bits per heavy atom. The fraction of sp³-hybridized carbons (Fsp3) is 0.667. The van der Waals surface area contributed by atoms with Crippen LogP contribution >= 0.6 is 0 Å². The van der Waals surface area contributed by atoms with Gasteiger partial charge in [0.2, 0.25) is 0 Å². The first-order valence-electron chi connectivity index (χ1n) is 8.65. The molecule has 2 N–H and O–H groups in total. The van der Waals surface area contributed by atoms with Crippen LogP contribution in [0.3, 0.4) is 0 Å². The quantitative estimate of drug-likeness (QED) is 0.373. The molecule has 3 heterocycles. The van der Waals surface area contributed by atoms with Gasteiger partial charge in [0.25, 0.3) is 0 Å². The van der Waals surface area contributed by atoms with Gasteiger partial charge in [-0.15, -0.1) is 0 Å². The largest absolute Gasteiger partial charge is 0.459 e. The number of cyclic esters (lactones) is 1. The van der Waals surface area contributed by atoms with E-state index in [0.717, 1.165) is 0 Å². The summed E-state index contributed by atoms with van der Waals surface area (Å²) in [6.45, 7) is 5.38. The lowest BCUT2D eigenvalue weighted by molar-refractivity contribution is -0.169. The monoisotopic (exact) mass is 351 g/mol. The Bertz CT molecular complexity index is 637. The maximum Gasteiger partial charge on any atom is 0.338 e. The highest BCUT2D eigenvalue weighted by atomic mass is 16.6. The van der Waals surface area contributed by atoms with Crippen LogP contribution in [0.5, 0.6) is 0 Å². The lowest BCUT2D eigenvalue weighted by atomic mass is 9.85. The minimum absolute atomic E-state index is 0.0372. The van der Waals surface area contributed by atoms with Crippen LogP contribution in [0.25, 0.3) is 0 Å². The second-order valence-electron chi connectivity index (χ2n) is 7.21. The summed E-state index contributed by atoms with van der Waals surface area (Å²) in [6.07, 6.45) is 2.93. The lowest BCUT2D eigenvalue weighted by Crippen LogP contribution is -2.45. The average Bonchev–Trinajstić information content (AvgIpc) is 3.11. The molecule has 5 unspecified atom stereocenters. The summed E-state index contributed by atoms with van der Waals surface area (Å²) >= 11 is 0.